The summed E-state index contributed by atoms with van der Waals surface area (Å²) in [6.45, 7) is 0. The number of para-hydroxylation sites is 2. The van der Waals surface area contributed by atoms with E-state index in [-0.39, 0.29) is 0 Å². The fourth-order valence-electron chi connectivity index (χ4n) is 8.68. The molecule has 292 valence electrons. The van der Waals surface area contributed by atoms with Crippen LogP contribution < -0.4 is 5.32 Å². The molecule has 0 bridgehead atoms. The van der Waals surface area contributed by atoms with Crippen molar-refractivity contribution in [3.63, 3.8) is 0 Å². The molecule has 0 unspecified atom stereocenters. The summed E-state index contributed by atoms with van der Waals surface area (Å²) in [7, 11) is 0. The average molecular weight is 794 g/mol. The SMILES string of the molecule is N=C(/C(=C1\NC(c2cccc(-c3nc(-c4ccccc4)cc(-c4cccc(-n5c6ccccc6c6ccccc65)c4)n3)c2)=Cc2ccccc21)c1ccccc1)c1ccccc1. The van der Waals surface area contributed by atoms with Crippen LogP contribution in [-0.2, 0) is 0 Å². The molecule has 62 heavy (non-hydrogen) atoms. The molecule has 3 heterocycles. The van der Waals surface area contributed by atoms with E-state index in [1.54, 1.807) is 0 Å². The predicted octanol–water partition coefficient (Wildman–Crippen LogP) is 13.6. The van der Waals surface area contributed by atoms with Gasteiger partial charge in [-0.2, -0.15) is 0 Å². The molecule has 5 nitrogen and oxygen atoms in total. The molecule has 2 aromatic heterocycles. The van der Waals surface area contributed by atoms with E-state index in [9.17, 15) is 5.41 Å². The number of hydrogen-bond acceptors (Lipinski definition) is 4. The van der Waals surface area contributed by atoms with Gasteiger partial charge in [0.05, 0.1) is 33.8 Å². The van der Waals surface area contributed by atoms with Gasteiger partial charge in [-0.3, -0.25) is 5.41 Å². The molecule has 0 radical (unpaired) electrons. The highest BCUT2D eigenvalue weighted by molar-refractivity contribution is 6.36. The van der Waals surface area contributed by atoms with Gasteiger partial charge in [0, 0.05) is 55.5 Å². The molecular weight excluding hydrogens is 755 g/mol. The van der Waals surface area contributed by atoms with Crippen molar-refractivity contribution >= 4 is 50.6 Å². The van der Waals surface area contributed by atoms with Crippen LogP contribution in [-0.4, -0.2) is 20.2 Å². The Morgan fingerprint density at radius 2 is 1.00 bits per heavy atom. The second-order valence-electron chi connectivity index (χ2n) is 15.5. The van der Waals surface area contributed by atoms with E-state index in [1.165, 1.54) is 10.8 Å². The second-order valence-corrected chi connectivity index (χ2v) is 15.5. The smallest absolute Gasteiger partial charge is 0.160 e. The lowest BCUT2D eigenvalue weighted by Crippen LogP contribution is -2.20. The summed E-state index contributed by atoms with van der Waals surface area (Å²) in [5.41, 5.74) is 16.0. The van der Waals surface area contributed by atoms with Crippen LogP contribution in [0.1, 0.15) is 27.8 Å². The monoisotopic (exact) mass is 793 g/mol. The average Bonchev–Trinajstić information content (AvgIpc) is 3.69. The highest BCUT2D eigenvalue weighted by Crippen LogP contribution is 2.38. The molecule has 10 aromatic rings. The third kappa shape index (κ3) is 6.68. The number of nitrogens with zero attached hydrogens (tertiary/aromatic N) is 3. The maximum Gasteiger partial charge on any atom is 0.160 e. The number of rotatable bonds is 8. The zero-order chi connectivity index (χ0) is 41.4. The van der Waals surface area contributed by atoms with Crippen molar-refractivity contribution in [2.24, 2.45) is 0 Å². The third-order valence-electron chi connectivity index (χ3n) is 11.6. The Hall–Kier alpha value is -8.41. The Kier molecular flexibility index (Phi) is 9.25. The summed E-state index contributed by atoms with van der Waals surface area (Å²) in [5.74, 6) is 0.633. The van der Waals surface area contributed by atoms with Gasteiger partial charge in [-0.1, -0.05) is 182 Å². The van der Waals surface area contributed by atoms with Gasteiger partial charge < -0.3 is 9.88 Å². The van der Waals surface area contributed by atoms with Crippen molar-refractivity contribution in [3.8, 4) is 39.6 Å². The number of fused-ring (bicyclic) bond motifs is 4. The molecule has 0 aliphatic carbocycles. The van der Waals surface area contributed by atoms with Crippen molar-refractivity contribution in [2.45, 2.75) is 0 Å². The lowest BCUT2D eigenvalue weighted by molar-refractivity contribution is 1.16. The first-order valence-electron chi connectivity index (χ1n) is 20.8. The molecule has 0 atom stereocenters. The minimum atomic E-state index is 0.449. The topological polar surface area (TPSA) is 66.6 Å². The van der Waals surface area contributed by atoms with E-state index >= 15 is 0 Å². The second kappa shape index (κ2) is 15.6. The summed E-state index contributed by atoms with van der Waals surface area (Å²) >= 11 is 0. The first-order valence-corrected chi connectivity index (χ1v) is 20.8. The molecule has 0 amide bonds. The van der Waals surface area contributed by atoms with Crippen molar-refractivity contribution in [1.82, 2.24) is 19.9 Å². The largest absolute Gasteiger partial charge is 0.354 e. The minimum absolute atomic E-state index is 0.449. The first-order chi connectivity index (χ1) is 30.7. The quantitative estimate of drug-likeness (QED) is 0.151. The molecule has 5 heteroatoms. The summed E-state index contributed by atoms with van der Waals surface area (Å²) in [6, 6.07) is 75.3. The van der Waals surface area contributed by atoms with Crippen LogP contribution in [0.3, 0.4) is 0 Å². The van der Waals surface area contributed by atoms with E-state index in [0.717, 1.165) is 89.6 Å². The number of nitrogens with one attached hydrogen (secondary N) is 2. The Morgan fingerprint density at radius 3 is 1.73 bits per heavy atom. The molecule has 1 aliphatic rings. The highest BCUT2D eigenvalue weighted by atomic mass is 15.0. The minimum Gasteiger partial charge on any atom is -0.354 e. The number of benzene rings is 8. The van der Waals surface area contributed by atoms with E-state index < -0.39 is 0 Å². The Bertz CT molecular complexity index is 3330. The summed E-state index contributed by atoms with van der Waals surface area (Å²) in [6.07, 6.45) is 2.19. The van der Waals surface area contributed by atoms with Gasteiger partial charge in [-0.25, -0.2) is 9.97 Å². The summed E-state index contributed by atoms with van der Waals surface area (Å²) in [4.78, 5) is 10.5. The fourth-order valence-corrected chi connectivity index (χ4v) is 8.68. The molecule has 2 N–H and O–H groups in total. The van der Waals surface area contributed by atoms with Gasteiger partial charge in [0.2, 0.25) is 0 Å². The normalized spacial score (nSPS) is 13.0. The van der Waals surface area contributed by atoms with Gasteiger partial charge in [0.25, 0.3) is 0 Å². The molecule has 8 aromatic carbocycles. The molecule has 1 aliphatic heterocycles. The highest BCUT2D eigenvalue weighted by Gasteiger charge is 2.24. The summed E-state index contributed by atoms with van der Waals surface area (Å²) < 4.78 is 2.34. The predicted molar refractivity (Wildman–Crippen MR) is 257 cm³/mol. The van der Waals surface area contributed by atoms with Crippen LogP contribution in [0.15, 0.2) is 218 Å². The Labute approximate surface area is 360 Å². The van der Waals surface area contributed by atoms with Gasteiger partial charge >= 0.3 is 0 Å². The van der Waals surface area contributed by atoms with Gasteiger partial charge in [0.15, 0.2) is 5.82 Å². The van der Waals surface area contributed by atoms with E-state index in [2.05, 4.69) is 168 Å². The van der Waals surface area contributed by atoms with Gasteiger partial charge in [-0.05, 0) is 59.2 Å². The maximum atomic E-state index is 9.59. The Balaban J connectivity index is 1.04. The van der Waals surface area contributed by atoms with Crippen LogP contribution in [0.25, 0.3) is 84.4 Å². The summed E-state index contributed by atoms with van der Waals surface area (Å²) in [5, 5.41) is 15.9. The molecular formula is C57H39N5. The lowest BCUT2D eigenvalue weighted by atomic mass is 9.88. The molecule has 0 saturated carbocycles. The first kappa shape index (κ1) is 36.7. The van der Waals surface area contributed by atoms with E-state index in [0.29, 0.717) is 11.5 Å². The van der Waals surface area contributed by atoms with Crippen LogP contribution in [0.2, 0.25) is 0 Å². The Morgan fingerprint density at radius 1 is 0.452 bits per heavy atom. The number of hydrogen-bond donors (Lipinski definition) is 2. The maximum absolute atomic E-state index is 9.59. The van der Waals surface area contributed by atoms with Crippen LogP contribution in [0.5, 0.6) is 0 Å². The standard InChI is InChI=1S/C57H39N5/c58-55(40-22-8-3-9-23-40)54(39-20-6-2-7-21-39)56-46-29-11-10-24-41(46)36-49(59-56)42-25-16-27-44(34-42)57-60-50(38-18-4-1-5-19-38)37-51(61-57)43-26-17-28-45(35-43)62-52-32-14-12-30-47(52)48-31-13-15-33-53(48)62/h1-37,58-59H/b56-54-,58-55?. The molecule has 0 fully saturated rings. The molecule has 11 rings (SSSR count). The zero-order valence-electron chi connectivity index (χ0n) is 33.7. The van der Waals surface area contributed by atoms with Gasteiger partial charge in [-0.15, -0.1) is 0 Å². The van der Waals surface area contributed by atoms with Crippen LogP contribution in [0, 0.1) is 5.41 Å². The lowest BCUT2D eigenvalue weighted by Gasteiger charge is -2.26. The van der Waals surface area contributed by atoms with Gasteiger partial charge in [0.1, 0.15) is 0 Å². The van der Waals surface area contributed by atoms with Crippen molar-refractivity contribution < 1.29 is 0 Å². The van der Waals surface area contributed by atoms with Crippen molar-refractivity contribution in [1.29, 1.82) is 5.41 Å². The fraction of sp³-hybridized carbons (Fsp3) is 0. The van der Waals surface area contributed by atoms with E-state index in [1.807, 2.05) is 66.7 Å². The van der Waals surface area contributed by atoms with Crippen molar-refractivity contribution in [2.75, 3.05) is 0 Å². The number of allylic oxidation sites excluding steroid dienone is 1. The van der Waals surface area contributed by atoms with Crippen LogP contribution >= 0.6 is 0 Å². The van der Waals surface area contributed by atoms with Crippen LogP contribution in [0.4, 0.5) is 0 Å². The van der Waals surface area contributed by atoms with Crippen molar-refractivity contribution in [3.05, 3.63) is 246 Å². The molecule has 0 spiro atoms. The molecule has 0 saturated heterocycles. The zero-order valence-corrected chi connectivity index (χ0v) is 33.7. The van der Waals surface area contributed by atoms with E-state index in [4.69, 9.17) is 9.97 Å². The number of aromatic nitrogens is 3. The third-order valence-corrected chi connectivity index (χ3v) is 11.6.